The SMILES string of the molecule is O=[N+]([O-])c1ccc(C2=Nc3c(S(=O)(=O)c4ccccc4)ncnc3S(=O)(=O)c3ccccc32)cc1. The third-order valence-corrected chi connectivity index (χ3v) is 8.77. The molecule has 174 valence electrons. The van der Waals surface area contributed by atoms with Crippen LogP contribution in [-0.2, 0) is 19.7 Å². The first-order valence-corrected chi connectivity index (χ1v) is 13.0. The first-order valence-electron chi connectivity index (χ1n) is 10.0. The molecule has 10 nitrogen and oxygen atoms in total. The zero-order chi connectivity index (χ0) is 24.8. The van der Waals surface area contributed by atoms with E-state index in [4.69, 9.17) is 0 Å². The van der Waals surface area contributed by atoms with Crippen molar-refractivity contribution in [3.8, 4) is 0 Å². The lowest BCUT2D eigenvalue weighted by atomic mass is 10.0. The Morgan fingerprint density at radius 2 is 1.49 bits per heavy atom. The molecule has 0 N–H and O–H groups in total. The third-order valence-electron chi connectivity index (χ3n) is 5.32. The number of sulfone groups is 2. The highest BCUT2D eigenvalue weighted by Gasteiger charge is 2.36. The van der Waals surface area contributed by atoms with Crippen LogP contribution in [0.2, 0.25) is 0 Å². The largest absolute Gasteiger partial charge is 0.269 e. The fraction of sp³-hybridized carbons (Fsp3) is 0. The van der Waals surface area contributed by atoms with Gasteiger partial charge in [0.25, 0.3) is 5.69 Å². The molecule has 0 amide bonds. The predicted octanol–water partition coefficient (Wildman–Crippen LogP) is 3.53. The second-order valence-electron chi connectivity index (χ2n) is 7.41. The molecule has 0 fully saturated rings. The number of hydrogen-bond donors (Lipinski definition) is 0. The van der Waals surface area contributed by atoms with Crippen LogP contribution in [0.4, 0.5) is 11.4 Å². The highest BCUT2D eigenvalue weighted by atomic mass is 32.2. The van der Waals surface area contributed by atoms with Gasteiger partial charge in [0.2, 0.25) is 19.7 Å². The Kier molecular flexibility index (Phi) is 5.26. The molecule has 0 unspecified atom stereocenters. The Bertz CT molecular complexity index is 1730. The van der Waals surface area contributed by atoms with Crippen molar-refractivity contribution in [3.05, 3.63) is 106 Å². The van der Waals surface area contributed by atoms with Crippen LogP contribution in [0.5, 0.6) is 0 Å². The maximum Gasteiger partial charge on any atom is 0.269 e. The monoisotopic (exact) mass is 506 g/mol. The number of hydrogen-bond acceptors (Lipinski definition) is 9. The predicted molar refractivity (Wildman–Crippen MR) is 124 cm³/mol. The zero-order valence-corrected chi connectivity index (χ0v) is 19.3. The van der Waals surface area contributed by atoms with Crippen molar-refractivity contribution in [2.75, 3.05) is 0 Å². The van der Waals surface area contributed by atoms with Crippen LogP contribution >= 0.6 is 0 Å². The average molecular weight is 507 g/mol. The number of rotatable bonds is 4. The van der Waals surface area contributed by atoms with E-state index in [1.54, 1.807) is 12.1 Å². The summed E-state index contributed by atoms with van der Waals surface area (Å²) in [4.78, 5) is 22.6. The molecule has 5 rings (SSSR count). The Balaban J connectivity index is 1.86. The molecular formula is C23H14N4O6S2. The van der Waals surface area contributed by atoms with Gasteiger partial charge < -0.3 is 0 Å². The normalized spacial score (nSPS) is 14.2. The molecule has 1 aromatic heterocycles. The molecule has 0 bridgehead atoms. The maximum atomic E-state index is 13.6. The fourth-order valence-electron chi connectivity index (χ4n) is 3.68. The topological polar surface area (TPSA) is 150 Å². The number of nitro benzene ring substituents is 1. The second kappa shape index (κ2) is 8.18. The molecule has 0 saturated carbocycles. The molecule has 12 heteroatoms. The van der Waals surface area contributed by atoms with E-state index >= 15 is 0 Å². The number of benzene rings is 3. The van der Waals surface area contributed by atoms with E-state index in [0.29, 0.717) is 5.56 Å². The first-order chi connectivity index (χ1) is 16.7. The van der Waals surface area contributed by atoms with E-state index in [1.165, 1.54) is 66.7 Å². The number of fused-ring (bicyclic) bond motifs is 2. The van der Waals surface area contributed by atoms with Gasteiger partial charge in [-0.05, 0) is 30.3 Å². The molecule has 0 aliphatic carbocycles. The summed E-state index contributed by atoms with van der Waals surface area (Å²) in [7, 11) is -8.57. The Hall–Kier alpha value is -4.29. The molecule has 0 saturated heterocycles. The van der Waals surface area contributed by atoms with Crippen LogP contribution < -0.4 is 0 Å². The van der Waals surface area contributed by atoms with Gasteiger partial charge in [-0.3, -0.25) is 10.1 Å². The number of aromatic nitrogens is 2. The van der Waals surface area contributed by atoms with E-state index in [1.807, 2.05) is 0 Å². The molecule has 1 aliphatic rings. The molecule has 2 heterocycles. The molecule has 1 aliphatic heterocycles. The van der Waals surface area contributed by atoms with Gasteiger partial charge in [-0.2, -0.15) is 0 Å². The maximum absolute atomic E-state index is 13.6. The van der Waals surface area contributed by atoms with Gasteiger partial charge in [0, 0.05) is 23.3 Å². The van der Waals surface area contributed by atoms with Gasteiger partial charge in [-0.15, -0.1) is 0 Å². The molecule has 0 radical (unpaired) electrons. The molecule has 4 aromatic rings. The van der Waals surface area contributed by atoms with Crippen molar-refractivity contribution in [1.82, 2.24) is 9.97 Å². The van der Waals surface area contributed by atoms with E-state index in [9.17, 15) is 26.9 Å². The number of non-ortho nitro benzene ring substituents is 1. The smallest absolute Gasteiger partial charge is 0.258 e. The summed E-state index contributed by atoms with van der Waals surface area (Å²) in [6.07, 6.45) is 0.876. The first kappa shape index (κ1) is 22.5. The minimum absolute atomic E-state index is 0.0906. The van der Waals surface area contributed by atoms with Crippen LogP contribution in [0.15, 0.2) is 110 Å². The minimum atomic E-state index is -4.30. The van der Waals surface area contributed by atoms with E-state index < -0.39 is 40.3 Å². The summed E-state index contributed by atoms with van der Waals surface area (Å²) < 4.78 is 54.1. The lowest BCUT2D eigenvalue weighted by Crippen LogP contribution is -2.11. The summed E-state index contributed by atoms with van der Waals surface area (Å²) in [5.74, 6) is 0. The van der Waals surface area contributed by atoms with Crippen molar-refractivity contribution in [2.24, 2.45) is 4.99 Å². The summed E-state index contributed by atoms with van der Waals surface area (Å²) in [5.41, 5.74) is 0.0541. The summed E-state index contributed by atoms with van der Waals surface area (Å²) in [6.45, 7) is 0. The van der Waals surface area contributed by atoms with Crippen molar-refractivity contribution < 1.29 is 21.8 Å². The highest BCUT2D eigenvalue weighted by molar-refractivity contribution is 7.92. The van der Waals surface area contributed by atoms with Crippen LogP contribution in [0.3, 0.4) is 0 Å². The highest BCUT2D eigenvalue weighted by Crippen LogP contribution is 2.39. The lowest BCUT2D eigenvalue weighted by Gasteiger charge is -2.09. The van der Waals surface area contributed by atoms with Gasteiger partial charge in [-0.25, -0.2) is 31.8 Å². The van der Waals surface area contributed by atoms with E-state index in [-0.39, 0.29) is 26.8 Å². The molecule has 35 heavy (non-hydrogen) atoms. The van der Waals surface area contributed by atoms with Crippen molar-refractivity contribution in [3.63, 3.8) is 0 Å². The number of nitro groups is 1. The van der Waals surface area contributed by atoms with Gasteiger partial charge >= 0.3 is 0 Å². The lowest BCUT2D eigenvalue weighted by molar-refractivity contribution is -0.384. The molecule has 0 atom stereocenters. The Morgan fingerprint density at radius 3 is 2.17 bits per heavy atom. The average Bonchev–Trinajstić information content (AvgIpc) is 2.97. The van der Waals surface area contributed by atoms with Crippen molar-refractivity contribution in [1.29, 1.82) is 0 Å². The number of aliphatic imine (C=N–C) groups is 1. The Morgan fingerprint density at radius 1 is 0.829 bits per heavy atom. The minimum Gasteiger partial charge on any atom is -0.258 e. The van der Waals surface area contributed by atoms with Crippen molar-refractivity contribution >= 4 is 36.8 Å². The summed E-state index contributed by atoms with van der Waals surface area (Å²) in [5, 5.41) is 9.98. The van der Waals surface area contributed by atoms with Crippen LogP contribution in [-0.4, -0.2) is 37.4 Å². The van der Waals surface area contributed by atoms with Crippen molar-refractivity contribution in [2.45, 2.75) is 19.8 Å². The summed E-state index contributed by atoms with van der Waals surface area (Å²) in [6, 6.07) is 18.8. The van der Waals surface area contributed by atoms with E-state index in [2.05, 4.69) is 15.0 Å². The molecular weight excluding hydrogens is 492 g/mol. The quantitative estimate of drug-likeness (QED) is 0.204. The molecule has 0 spiro atoms. The van der Waals surface area contributed by atoms with Crippen LogP contribution in [0, 0.1) is 10.1 Å². The van der Waals surface area contributed by atoms with Gasteiger partial charge in [-0.1, -0.05) is 36.4 Å². The van der Waals surface area contributed by atoms with Gasteiger partial charge in [0.05, 0.1) is 20.4 Å². The third kappa shape index (κ3) is 3.68. The standard InChI is InChI=1S/C23H14N4O6S2/c28-27(29)16-12-10-15(11-13-16)20-18-8-4-5-9-19(18)35(32,33)23-21(26-20)22(24-14-25-23)34(30,31)17-6-2-1-3-7-17/h1-14H. The van der Waals surface area contributed by atoms with Crippen LogP contribution in [0.1, 0.15) is 11.1 Å². The second-order valence-corrected chi connectivity index (χ2v) is 11.1. The molecule has 3 aromatic carbocycles. The van der Waals surface area contributed by atoms with Gasteiger partial charge in [0.15, 0.2) is 10.1 Å². The van der Waals surface area contributed by atoms with Gasteiger partial charge in [0.1, 0.15) is 12.0 Å². The summed E-state index contributed by atoms with van der Waals surface area (Å²) >= 11 is 0. The zero-order valence-electron chi connectivity index (χ0n) is 17.6. The fourth-order valence-corrected chi connectivity index (χ4v) is 6.57. The van der Waals surface area contributed by atoms with E-state index in [0.717, 1.165) is 6.33 Å². The number of nitrogens with zero attached hydrogens (tertiary/aromatic N) is 4. The van der Waals surface area contributed by atoms with Crippen LogP contribution in [0.25, 0.3) is 0 Å². The Labute approximate surface area is 199 Å².